The van der Waals surface area contributed by atoms with Crippen LogP contribution in [0, 0.1) is 17.0 Å². The molecule has 0 radical (unpaired) electrons. The topological polar surface area (TPSA) is 49.6 Å². The maximum Gasteiger partial charge on any atom is 0.271 e. The summed E-state index contributed by atoms with van der Waals surface area (Å²) in [5.41, 5.74) is 2.26. The van der Waals surface area contributed by atoms with Gasteiger partial charge < -0.3 is 9.80 Å². The van der Waals surface area contributed by atoms with Crippen molar-refractivity contribution in [3.8, 4) is 0 Å². The van der Waals surface area contributed by atoms with Gasteiger partial charge in [-0.15, -0.1) is 0 Å². The van der Waals surface area contributed by atoms with Crippen LogP contribution in [0.3, 0.4) is 0 Å². The summed E-state index contributed by atoms with van der Waals surface area (Å²) in [5.74, 6) is 0. The zero-order valence-corrected chi connectivity index (χ0v) is 10.2. The summed E-state index contributed by atoms with van der Waals surface area (Å²) >= 11 is 0. The molecule has 17 heavy (non-hydrogen) atoms. The molecule has 0 bridgehead atoms. The van der Waals surface area contributed by atoms with E-state index in [9.17, 15) is 10.1 Å². The fraction of sp³-hybridized carbons (Fsp3) is 0.500. The van der Waals surface area contributed by atoms with Gasteiger partial charge in [-0.1, -0.05) is 6.07 Å². The van der Waals surface area contributed by atoms with E-state index in [1.807, 2.05) is 13.0 Å². The number of hydrogen-bond donors (Lipinski definition) is 0. The molecule has 1 saturated heterocycles. The molecule has 0 saturated carbocycles. The first-order chi connectivity index (χ1) is 8.08. The highest BCUT2D eigenvalue weighted by Gasteiger charge is 2.18. The first-order valence-corrected chi connectivity index (χ1v) is 5.76. The second-order valence-corrected chi connectivity index (χ2v) is 4.52. The van der Waals surface area contributed by atoms with E-state index < -0.39 is 0 Å². The number of piperazine rings is 1. The summed E-state index contributed by atoms with van der Waals surface area (Å²) in [6, 6.07) is 5.07. The van der Waals surface area contributed by atoms with Gasteiger partial charge in [-0.3, -0.25) is 10.1 Å². The Morgan fingerprint density at radius 2 is 1.88 bits per heavy atom. The van der Waals surface area contributed by atoms with Crippen LogP contribution < -0.4 is 4.90 Å². The van der Waals surface area contributed by atoms with Gasteiger partial charge in [0.25, 0.3) is 5.69 Å². The number of nitro benzene ring substituents is 1. The van der Waals surface area contributed by atoms with Crippen LogP contribution in [0.2, 0.25) is 0 Å². The third kappa shape index (κ3) is 2.55. The molecule has 0 aromatic heterocycles. The molecule has 1 aromatic rings. The third-order valence-electron chi connectivity index (χ3n) is 3.25. The molecule has 1 fully saturated rings. The minimum atomic E-state index is -0.334. The molecule has 0 spiro atoms. The highest BCUT2D eigenvalue weighted by Crippen LogP contribution is 2.26. The van der Waals surface area contributed by atoms with Crippen molar-refractivity contribution < 1.29 is 4.92 Å². The Kier molecular flexibility index (Phi) is 3.28. The highest BCUT2D eigenvalue weighted by atomic mass is 16.6. The summed E-state index contributed by atoms with van der Waals surface area (Å²) in [6.07, 6.45) is 0. The van der Waals surface area contributed by atoms with E-state index in [-0.39, 0.29) is 10.6 Å². The zero-order valence-electron chi connectivity index (χ0n) is 10.2. The molecule has 92 valence electrons. The second kappa shape index (κ2) is 4.71. The number of non-ortho nitro benzene ring substituents is 1. The second-order valence-electron chi connectivity index (χ2n) is 4.52. The molecule has 0 amide bonds. The molecule has 0 N–H and O–H groups in total. The lowest BCUT2D eigenvalue weighted by atomic mass is 10.1. The highest BCUT2D eigenvalue weighted by molar-refractivity contribution is 5.59. The van der Waals surface area contributed by atoms with E-state index in [0.717, 1.165) is 37.4 Å². The quantitative estimate of drug-likeness (QED) is 0.578. The van der Waals surface area contributed by atoms with E-state index >= 15 is 0 Å². The number of benzene rings is 1. The van der Waals surface area contributed by atoms with Crippen LogP contribution in [0.1, 0.15) is 5.56 Å². The SMILES string of the molecule is Cc1ccc([N+](=O)[O-])cc1N1CCN(C)CC1. The molecule has 2 rings (SSSR count). The van der Waals surface area contributed by atoms with Gasteiger partial charge in [0.05, 0.1) is 4.92 Å². The van der Waals surface area contributed by atoms with Gasteiger partial charge in [-0.05, 0) is 19.5 Å². The Bertz CT molecular complexity index is 426. The maximum absolute atomic E-state index is 10.8. The molecular weight excluding hydrogens is 218 g/mol. The normalized spacial score (nSPS) is 17.2. The summed E-state index contributed by atoms with van der Waals surface area (Å²) in [6.45, 7) is 5.86. The molecular formula is C12H17N3O2. The maximum atomic E-state index is 10.8. The van der Waals surface area contributed by atoms with Crippen LogP contribution in [0.25, 0.3) is 0 Å². The van der Waals surface area contributed by atoms with Crippen molar-refractivity contribution in [2.45, 2.75) is 6.92 Å². The Hall–Kier alpha value is -1.62. The number of hydrogen-bond acceptors (Lipinski definition) is 4. The Labute approximate surface area is 101 Å². The smallest absolute Gasteiger partial charge is 0.271 e. The van der Waals surface area contributed by atoms with Crippen molar-refractivity contribution in [2.75, 3.05) is 38.1 Å². The van der Waals surface area contributed by atoms with Gasteiger partial charge in [0.1, 0.15) is 0 Å². The van der Waals surface area contributed by atoms with Crippen LogP contribution in [0.4, 0.5) is 11.4 Å². The summed E-state index contributed by atoms with van der Waals surface area (Å²) < 4.78 is 0. The number of aryl methyl sites for hydroxylation is 1. The van der Waals surface area contributed by atoms with E-state index in [2.05, 4.69) is 16.8 Å². The number of anilines is 1. The van der Waals surface area contributed by atoms with Gasteiger partial charge in [0, 0.05) is 44.0 Å². The van der Waals surface area contributed by atoms with Crippen molar-refractivity contribution in [3.63, 3.8) is 0 Å². The predicted molar refractivity (Wildman–Crippen MR) is 67.5 cm³/mol. The standard InChI is InChI=1S/C12H17N3O2/c1-10-3-4-11(15(16)17)9-12(10)14-7-5-13(2)6-8-14/h3-4,9H,5-8H2,1-2H3. The Balaban J connectivity index is 2.25. The minimum absolute atomic E-state index is 0.171. The number of nitro groups is 1. The molecule has 1 heterocycles. The van der Waals surface area contributed by atoms with Crippen molar-refractivity contribution in [1.82, 2.24) is 4.90 Å². The number of likely N-dealkylation sites (N-methyl/N-ethyl adjacent to an activating group) is 1. The van der Waals surface area contributed by atoms with Crippen LogP contribution in [0.5, 0.6) is 0 Å². The summed E-state index contributed by atoms with van der Waals surface area (Å²) in [4.78, 5) is 14.9. The monoisotopic (exact) mass is 235 g/mol. The minimum Gasteiger partial charge on any atom is -0.369 e. The molecule has 1 aliphatic rings. The largest absolute Gasteiger partial charge is 0.369 e. The fourth-order valence-corrected chi connectivity index (χ4v) is 2.10. The van der Waals surface area contributed by atoms with Crippen molar-refractivity contribution in [1.29, 1.82) is 0 Å². The van der Waals surface area contributed by atoms with Crippen LogP contribution in [-0.2, 0) is 0 Å². The molecule has 1 aliphatic heterocycles. The molecule has 0 atom stereocenters. The van der Waals surface area contributed by atoms with Gasteiger partial charge in [-0.2, -0.15) is 0 Å². The van der Waals surface area contributed by atoms with E-state index in [1.165, 1.54) is 0 Å². The zero-order chi connectivity index (χ0) is 12.4. The average Bonchev–Trinajstić information content (AvgIpc) is 2.31. The molecule has 0 unspecified atom stereocenters. The van der Waals surface area contributed by atoms with Crippen molar-refractivity contribution >= 4 is 11.4 Å². The molecule has 1 aromatic carbocycles. The lowest BCUT2D eigenvalue weighted by Gasteiger charge is -2.34. The average molecular weight is 235 g/mol. The van der Waals surface area contributed by atoms with Crippen molar-refractivity contribution in [2.24, 2.45) is 0 Å². The van der Waals surface area contributed by atoms with Gasteiger partial charge in [-0.25, -0.2) is 0 Å². The Morgan fingerprint density at radius 3 is 2.47 bits per heavy atom. The fourth-order valence-electron chi connectivity index (χ4n) is 2.10. The van der Waals surface area contributed by atoms with Crippen LogP contribution in [-0.4, -0.2) is 43.0 Å². The van der Waals surface area contributed by atoms with Gasteiger partial charge in [0.2, 0.25) is 0 Å². The van der Waals surface area contributed by atoms with E-state index in [1.54, 1.807) is 12.1 Å². The van der Waals surface area contributed by atoms with Gasteiger partial charge in [0.15, 0.2) is 0 Å². The lowest BCUT2D eigenvalue weighted by Crippen LogP contribution is -2.44. The molecule has 5 nitrogen and oxygen atoms in total. The third-order valence-corrected chi connectivity index (χ3v) is 3.25. The first kappa shape index (κ1) is 11.9. The number of nitrogens with zero attached hydrogens (tertiary/aromatic N) is 3. The van der Waals surface area contributed by atoms with Gasteiger partial charge >= 0.3 is 0 Å². The lowest BCUT2D eigenvalue weighted by molar-refractivity contribution is -0.384. The van der Waals surface area contributed by atoms with E-state index in [4.69, 9.17) is 0 Å². The van der Waals surface area contributed by atoms with Crippen LogP contribution in [0.15, 0.2) is 18.2 Å². The molecule has 5 heteroatoms. The molecule has 0 aliphatic carbocycles. The van der Waals surface area contributed by atoms with Crippen LogP contribution >= 0.6 is 0 Å². The number of rotatable bonds is 2. The Morgan fingerprint density at radius 1 is 1.24 bits per heavy atom. The first-order valence-electron chi connectivity index (χ1n) is 5.76. The summed E-state index contributed by atoms with van der Waals surface area (Å²) in [5, 5.41) is 10.8. The van der Waals surface area contributed by atoms with Crippen molar-refractivity contribution in [3.05, 3.63) is 33.9 Å². The summed E-state index contributed by atoms with van der Waals surface area (Å²) in [7, 11) is 2.09. The predicted octanol–water partition coefficient (Wildman–Crippen LogP) is 1.66. The van der Waals surface area contributed by atoms with E-state index in [0.29, 0.717) is 0 Å².